The van der Waals surface area contributed by atoms with Crippen LogP contribution in [0, 0.1) is 0 Å². The molecule has 6 aromatic heterocycles. The molecule has 1 saturated heterocycles. The Bertz CT molecular complexity index is 6120. The molecule has 2 bridgehead atoms. The molecule has 4 atom stereocenters. The van der Waals surface area contributed by atoms with Gasteiger partial charge in [-0.1, -0.05) is 108 Å². The van der Waals surface area contributed by atoms with Crippen LogP contribution >= 0.6 is 95.7 Å². The SMILES string of the molecule is C=CCON(C)C1CN([B]C=O)Cc2c1sc(=O)n2CC(=O)OC.C=CCON1C(=O)N2Cc3c(sc(=O)n3CC(=O)OC)C1C2.C=CCONC1CN([B]C=O)Cc2c1sc(=O)n2CC(=O)OC.C=CCO[NH-].COC(=O)CBr.COC(=O)Cn1c2c(sc1=O)C(=O)CN([B]C=O)C2.COC(=O)Cn1c2c(sc1=O)C(O)CN([B]C=O)C2.COc1nc2c(s1)C(=O)CN([B]C=O)C2.O=C[B]N1CC(=O)C2=C(CC(=O)S2)C1.[Na+]. The Hall–Kier alpha value is -10.3. The predicted octanol–water partition coefficient (Wildman–Crippen LogP) is -4.35. The van der Waals surface area contributed by atoms with Gasteiger partial charge in [0.25, 0.3) is 49.7 Å². The molecule has 2 amide bonds. The number of amides is 2. The number of thiazole rings is 6. The van der Waals surface area contributed by atoms with Crippen molar-refractivity contribution in [1.82, 2.24) is 77.2 Å². The van der Waals surface area contributed by atoms with Crippen LogP contribution in [0.3, 0.4) is 0 Å². The van der Waals surface area contributed by atoms with Gasteiger partial charge in [-0.15, -0.1) is 26.3 Å². The van der Waals surface area contributed by atoms with Gasteiger partial charge < -0.3 is 112 Å². The molecular formula is C82H99B6BrN17NaO34S7. The summed E-state index contributed by atoms with van der Waals surface area (Å²) in [5, 5.41) is 13.7. The first-order chi connectivity index (χ1) is 70.5. The third-order valence-corrected chi connectivity index (χ3v) is 29.3. The molecule has 9 aliphatic heterocycles. The number of aliphatic hydroxyl groups is 1. The van der Waals surface area contributed by atoms with Crippen molar-refractivity contribution < 1.29 is 169 Å². The number of ether oxygens (including phenoxy) is 7. The number of likely N-dealkylation sites (N-methyl/N-ethyl adjacent to an activating group) is 1. The molecule has 15 rings (SSSR count). The van der Waals surface area contributed by atoms with Crippen LogP contribution in [-0.4, -0.2) is 364 Å². The quantitative estimate of drug-likeness (QED) is 0.00544. The van der Waals surface area contributed by atoms with Gasteiger partial charge in [0.1, 0.15) is 50.2 Å². The zero-order valence-electron chi connectivity index (χ0n) is 81.4. The number of hydrogen-bond donors (Lipinski definition) is 2. The summed E-state index contributed by atoms with van der Waals surface area (Å²) in [7, 11) is 19.0. The Balaban J connectivity index is 0.000000260. The summed E-state index contributed by atoms with van der Waals surface area (Å²) in [6, 6.07) is -1.09. The average Bonchev–Trinajstić information content (AvgIpc) is 1.58. The predicted molar refractivity (Wildman–Crippen MR) is 545 cm³/mol. The van der Waals surface area contributed by atoms with Crippen LogP contribution in [0.15, 0.2) is 85.1 Å². The third kappa shape index (κ3) is 35.7. The van der Waals surface area contributed by atoms with Gasteiger partial charge in [0.15, 0.2) is 22.5 Å². The summed E-state index contributed by atoms with van der Waals surface area (Å²) >= 11 is 10.1. The molecule has 148 heavy (non-hydrogen) atoms. The summed E-state index contributed by atoms with van der Waals surface area (Å²) in [5.74, 6) is 2.89. The standard InChI is InChI=1S/C14H19BN3O5S.C13H17BN3O5S.C13H15N3O5S.C10H12BN2O5S.C10H10BN2O5S.C8H8BN2O3S.C8H7BNO3S.C3H5BrO2.C3H6NO.Na/c1-4-5-23-16(2)10-6-17(15-9-19)7-11-13(10)24-14(21)18(11)8-12(20)22-3;1-3-4-22-15-9-5-16(14-8-18)6-10-12(9)23-13(20)17(10)7-11(19)21-2;1-3-4-21-16-9-6-14(12(16)18)5-8-11(9)22-13(19)15(8)7-10(17)20-2;2*1-18-8(16)4-13-6-2-12(11-5-14)3-7(15)9(6)19-10(13)17;1-14-8-10-5-2-11(9-4-12)3-6(13)7(5)15-8;11-4-9-10-2-5-1-7(13)14-8(5)6(12)3-10;1-6-3(5)2-4;1-2-3-5-4;/h4,9-10H,1,5-8H2,2-3H3;3,8-9,15H,1,4-7H2,2H3;3,9H,1,4-7H2,2H3;5,7,15H,2-4H2,1H3;5H,2-4H2,1H3;4H,2-3H2,1H3;4H,1-3H2;2H2,1H3;2,4H,1,3H2;/q;;;;;;;;-1;+1. The monoisotopic (exact) mass is 2260 g/mol. The number of β-amino-alcohol motifs (C(OH)–C–C–N with tert-alkyl or cyclic N) is 1. The maximum atomic E-state index is 12.3. The molecule has 66 heteroatoms. The van der Waals surface area contributed by atoms with E-state index in [2.05, 4.69) is 86.0 Å². The first-order valence-electron chi connectivity index (χ1n) is 43.1. The van der Waals surface area contributed by atoms with Crippen LogP contribution in [0.1, 0.15) is 104 Å². The Morgan fingerprint density at radius 3 is 1.33 bits per heavy atom. The van der Waals surface area contributed by atoms with Crippen LogP contribution in [0.4, 0.5) is 4.79 Å². The number of aliphatic hydroxyl groups excluding tert-OH is 1. The van der Waals surface area contributed by atoms with Crippen molar-refractivity contribution in [2.75, 3.05) is 141 Å². The fourth-order valence-electron chi connectivity index (χ4n) is 14.5. The first-order valence-corrected chi connectivity index (χ1v) is 50.0. The molecule has 784 valence electrons. The minimum Gasteiger partial charge on any atom is -0.549 e. The molecule has 3 N–H and O–H groups in total. The summed E-state index contributed by atoms with van der Waals surface area (Å²) in [5.41, 5.74) is 7.46. The summed E-state index contributed by atoms with van der Waals surface area (Å²) in [4.78, 5) is 288. The number of nitrogens with zero attached hydrogens (tertiary/aromatic N) is 15. The second-order valence-corrected chi connectivity index (χ2v) is 38.1. The Labute approximate surface area is 907 Å². The van der Waals surface area contributed by atoms with E-state index in [-0.39, 0.29) is 190 Å². The number of rotatable bonds is 37. The van der Waals surface area contributed by atoms with Crippen LogP contribution in [0.2, 0.25) is 0 Å². The number of halogens is 1. The number of thioether (sulfide) groups is 1. The van der Waals surface area contributed by atoms with E-state index in [1.165, 1.54) is 144 Å². The molecule has 6 radical (unpaired) electrons. The molecule has 0 aliphatic carbocycles. The normalized spacial score (nSPS) is 17.0. The number of aromatic nitrogens is 6. The van der Waals surface area contributed by atoms with Crippen molar-refractivity contribution in [3.8, 4) is 5.19 Å². The van der Waals surface area contributed by atoms with Crippen molar-refractivity contribution in [1.29, 1.82) is 0 Å². The van der Waals surface area contributed by atoms with Gasteiger partial charge in [0, 0.05) is 79.0 Å². The molecule has 51 nitrogen and oxygen atoms in total. The summed E-state index contributed by atoms with van der Waals surface area (Å²) < 4.78 is 38.8. The van der Waals surface area contributed by atoms with Gasteiger partial charge in [-0.3, -0.25) is 109 Å². The Kier molecular flexibility index (Phi) is 55.0. The number of methoxy groups -OCH3 is 7. The van der Waals surface area contributed by atoms with Gasteiger partial charge in [-0.2, -0.15) is 15.6 Å². The Morgan fingerprint density at radius 1 is 0.466 bits per heavy atom. The van der Waals surface area contributed by atoms with E-state index in [1.54, 1.807) is 59.3 Å². The number of ketones is 3. The summed E-state index contributed by atoms with van der Waals surface area (Å²) in [6.45, 7) is 19.1. The van der Waals surface area contributed by atoms with Crippen molar-refractivity contribution in [2.45, 2.75) is 103 Å². The third-order valence-electron chi connectivity index (χ3n) is 21.1. The molecule has 6 aromatic rings. The van der Waals surface area contributed by atoms with Gasteiger partial charge in [0.2, 0.25) is 0 Å². The molecule has 4 unspecified atom stereocenters. The van der Waals surface area contributed by atoms with Crippen molar-refractivity contribution >= 4 is 242 Å². The van der Waals surface area contributed by atoms with E-state index in [0.717, 1.165) is 88.7 Å². The number of nitrogens with one attached hydrogen (secondary N) is 2. The van der Waals surface area contributed by atoms with Gasteiger partial charge >= 0.3 is 95.8 Å². The van der Waals surface area contributed by atoms with E-state index in [0.29, 0.717) is 175 Å². The molecule has 0 spiro atoms. The minimum atomic E-state index is -0.837. The number of hydroxylamine groups is 5. The van der Waals surface area contributed by atoms with E-state index in [9.17, 15) is 111 Å². The van der Waals surface area contributed by atoms with Gasteiger partial charge in [-0.25, -0.2) is 9.78 Å². The maximum absolute atomic E-state index is 12.3. The van der Waals surface area contributed by atoms with Crippen LogP contribution < -0.4 is 64.1 Å². The topological polar surface area (TPSA) is 600 Å². The summed E-state index contributed by atoms with van der Waals surface area (Å²) in [6.07, 6.45) is 9.70. The minimum absolute atomic E-state index is 0. The largest absolute Gasteiger partial charge is 1.00 e. The number of carbonyl (C=O) groups is 17. The number of Topliss-reactive ketones (excluding diaryl/α,β-unsaturated/α-hetero) is 3. The van der Waals surface area contributed by atoms with E-state index in [1.807, 2.05) is 0 Å². The molecule has 0 saturated carbocycles. The second kappa shape index (κ2) is 64.4. The van der Waals surface area contributed by atoms with Crippen LogP contribution in [-0.2, 0) is 187 Å². The molecule has 0 aromatic carbocycles. The van der Waals surface area contributed by atoms with Crippen molar-refractivity contribution in [2.24, 2.45) is 0 Å². The van der Waals surface area contributed by atoms with Crippen molar-refractivity contribution in [3.63, 3.8) is 0 Å². The van der Waals surface area contributed by atoms with E-state index < -0.39 is 36.0 Å². The smallest absolute Gasteiger partial charge is 0.549 e. The number of esters is 6. The molecule has 15 heterocycles. The van der Waals surface area contributed by atoms with Gasteiger partial charge in [0.05, 0.1) is 220 Å². The fourth-order valence-corrected chi connectivity index (χ4v) is 21.6. The molecular weight excluding hydrogens is 2160 g/mol. The maximum Gasteiger partial charge on any atom is 1.00 e. The average molecular weight is 2260 g/mol. The molecule has 1 fully saturated rings. The van der Waals surface area contributed by atoms with Crippen LogP contribution in [0.5, 0.6) is 5.19 Å². The Morgan fingerprint density at radius 2 is 0.872 bits per heavy atom. The van der Waals surface area contributed by atoms with E-state index >= 15 is 0 Å². The number of urea groups is 1. The zero-order chi connectivity index (χ0) is 108. The second-order valence-electron chi connectivity index (χ2n) is 30.5. The van der Waals surface area contributed by atoms with Crippen molar-refractivity contribution in [3.05, 3.63) is 179 Å². The number of alkyl halides is 1. The number of fused-ring (bicyclic) bond motifs is 9. The zero-order valence-corrected chi connectivity index (χ0v) is 90.7. The fraction of sp³-hybridized carbons (Fsp3) is 0.451. The van der Waals surface area contributed by atoms with Crippen LogP contribution in [0.25, 0.3) is 5.90 Å². The number of hydrogen-bond acceptors (Lipinski definition) is 50. The first kappa shape index (κ1) is 126. The van der Waals surface area contributed by atoms with E-state index in [4.69, 9.17) is 25.1 Å². The molecule has 9 aliphatic rings. The number of carbonyl (C=O) groups excluding carboxylic acids is 17. The van der Waals surface area contributed by atoms with Gasteiger partial charge in [-0.05, 0) is 17.3 Å².